The van der Waals surface area contributed by atoms with Crippen molar-refractivity contribution in [2.24, 2.45) is 0 Å². The molecule has 0 radical (unpaired) electrons. The minimum absolute atomic E-state index is 0.333. The molecule has 0 saturated heterocycles. The summed E-state index contributed by atoms with van der Waals surface area (Å²) in [4.78, 5) is 9.22. The van der Waals surface area contributed by atoms with E-state index in [2.05, 4.69) is 50.1 Å². The van der Waals surface area contributed by atoms with Gasteiger partial charge >= 0.3 is 0 Å². The first kappa shape index (κ1) is 11.7. The lowest BCUT2D eigenvalue weighted by Gasteiger charge is -2.25. The lowest BCUT2D eigenvalue weighted by molar-refractivity contribution is -0.108. The first-order chi connectivity index (χ1) is 8.22. The van der Waals surface area contributed by atoms with E-state index in [4.69, 9.17) is 9.72 Å². The normalized spacial score (nSPS) is 20.3. The second-order valence-electron chi connectivity index (χ2n) is 6.11. The molecule has 2 aromatic rings. The summed E-state index contributed by atoms with van der Waals surface area (Å²) in [7, 11) is 0. The fraction of sp³-hybridized carbons (Fsp3) is 0.571. The van der Waals surface area contributed by atoms with Gasteiger partial charge in [0.1, 0.15) is 11.2 Å². The van der Waals surface area contributed by atoms with Crippen molar-refractivity contribution in [1.29, 1.82) is 0 Å². The standard InChI is InChI=1S/C14H19N3O/c1-8-7-9(2)17-11-10(16-12(17)15-8)13(3,4)18-14(11,5)6/h7H,1-6H3. The van der Waals surface area contributed by atoms with Crippen LogP contribution in [0.15, 0.2) is 6.07 Å². The van der Waals surface area contributed by atoms with Crippen molar-refractivity contribution < 1.29 is 4.74 Å². The molecular formula is C14H19N3O. The van der Waals surface area contributed by atoms with Crippen LogP contribution in [0.3, 0.4) is 0 Å². The summed E-state index contributed by atoms with van der Waals surface area (Å²) in [5.74, 6) is 0.780. The monoisotopic (exact) mass is 245 g/mol. The number of nitrogens with zero attached hydrogens (tertiary/aromatic N) is 3. The number of rotatable bonds is 0. The van der Waals surface area contributed by atoms with Crippen LogP contribution in [-0.4, -0.2) is 14.4 Å². The van der Waals surface area contributed by atoms with Crippen LogP contribution < -0.4 is 0 Å². The number of hydrogen-bond acceptors (Lipinski definition) is 3. The molecule has 0 amide bonds. The van der Waals surface area contributed by atoms with Crippen molar-refractivity contribution in [3.05, 3.63) is 28.8 Å². The maximum atomic E-state index is 6.13. The van der Waals surface area contributed by atoms with Gasteiger partial charge in [0.05, 0.1) is 11.4 Å². The minimum Gasteiger partial charge on any atom is -0.357 e. The highest BCUT2D eigenvalue weighted by molar-refractivity contribution is 5.45. The predicted octanol–water partition coefficient (Wildman–Crippen LogP) is 2.85. The van der Waals surface area contributed by atoms with Gasteiger partial charge in [0.25, 0.3) is 0 Å². The van der Waals surface area contributed by atoms with Gasteiger partial charge in [-0.1, -0.05) is 0 Å². The van der Waals surface area contributed by atoms with Gasteiger partial charge in [-0.05, 0) is 47.6 Å². The van der Waals surface area contributed by atoms with Crippen molar-refractivity contribution in [3.8, 4) is 0 Å². The summed E-state index contributed by atoms with van der Waals surface area (Å²) in [5, 5.41) is 0. The number of fused-ring (bicyclic) bond motifs is 3. The quantitative estimate of drug-likeness (QED) is 0.716. The van der Waals surface area contributed by atoms with E-state index in [9.17, 15) is 0 Å². The summed E-state index contributed by atoms with van der Waals surface area (Å²) >= 11 is 0. The number of imidazole rings is 1. The van der Waals surface area contributed by atoms with E-state index in [0.29, 0.717) is 0 Å². The molecule has 0 bridgehead atoms. The Labute approximate surface area is 107 Å². The van der Waals surface area contributed by atoms with Crippen LogP contribution in [0.25, 0.3) is 5.78 Å². The van der Waals surface area contributed by atoms with Gasteiger partial charge in [-0.15, -0.1) is 0 Å². The smallest absolute Gasteiger partial charge is 0.234 e. The Balaban J connectivity index is 2.46. The Morgan fingerprint density at radius 1 is 1.06 bits per heavy atom. The van der Waals surface area contributed by atoms with Crippen molar-refractivity contribution in [2.45, 2.75) is 52.7 Å². The second kappa shape index (κ2) is 3.12. The molecule has 4 nitrogen and oxygen atoms in total. The molecule has 2 aromatic heterocycles. The lowest BCUT2D eigenvalue weighted by atomic mass is 10.0. The van der Waals surface area contributed by atoms with Gasteiger partial charge < -0.3 is 4.74 Å². The van der Waals surface area contributed by atoms with Crippen LogP contribution in [0, 0.1) is 13.8 Å². The van der Waals surface area contributed by atoms with Crippen LogP contribution in [0.5, 0.6) is 0 Å². The number of aromatic nitrogens is 3. The second-order valence-corrected chi connectivity index (χ2v) is 6.11. The molecule has 0 saturated carbocycles. The highest BCUT2D eigenvalue weighted by Gasteiger charge is 2.47. The Morgan fingerprint density at radius 2 is 1.72 bits per heavy atom. The Morgan fingerprint density at radius 3 is 2.39 bits per heavy atom. The summed E-state index contributed by atoms with van der Waals surface area (Å²) in [6.07, 6.45) is 0. The molecule has 0 aromatic carbocycles. The number of ether oxygens (including phenoxy) is 1. The molecule has 0 N–H and O–H groups in total. The first-order valence-corrected chi connectivity index (χ1v) is 6.30. The molecule has 96 valence electrons. The fourth-order valence-electron chi connectivity index (χ4n) is 3.08. The van der Waals surface area contributed by atoms with Crippen molar-refractivity contribution in [3.63, 3.8) is 0 Å². The molecular weight excluding hydrogens is 226 g/mol. The Bertz CT molecular complexity index is 653. The molecule has 4 heteroatoms. The average Bonchev–Trinajstić information content (AvgIpc) is 2.62. The van der Waals surface area contributed by atoms with Crippen LogP contribution in [0.2, 0.25) is 0 Å². The predicted molar refractivity (Wildman–Crippen MR) is 69.6 cm³/mol. The van der Waals surface area contributed by atoms with E-state index in [1.165, 1.54) is 0 Å². The molecule has 3 heterocycles. The molecule has 18 heavy (non-hydrogen) atoms. The highest BCUT2D eigenvalue weighted by atomic mass is 16.5. The summed E-state index contributed by atoms with van der Waals surface area (Å²) in [6, 6.07) is 2.08. The van der Waals surface area contributed by atoms with Crippen LogP contribution in [0.4, 0.5) is 0 Å². The van der Waals surface area contributed by atoms with Crippen molar-refractivity contribution in [1.82, 2.24) is 14.4 Å². The molecule has 1 aliphatic heterocycles. The average molecular weight is 245 g/mol. The van der Waals surface area contributed by atoms with Gasteiger partial charge in [0.15, 0.2) is 0 Å². The molecule has 0 unspecified atom stereocenters. The van der Waals surface area contributed by atoms with E-state index in [-0.39, 0.29) is 11.2 Å². The van der Waals surface area contributed by atoms with E-state index in [1.54, 1.807) is 0 Å². The van der Waals surface area contributed by atoms with Gasteiger partial charge in [0.2, 0.25) is 5.78 Å². The third kappa shape index (κ3) is 1.35. The lowest BCUT2D eigenvalue weighted by Crippen LogP contribution is -2.25. The van der Waals surface area contributed by atoms with Crippen LogP contribution in [0.1, 0.15) is 50.5 Å². The third-order valence-corrected chi connectivity index (χ3v) is 3.56. The molecule has 0 spiro atoms. The number of hydrogen-bond donors (Lipinski definition) is 0. The van der Waals surface area contributed by atoms with E-state index >= 15 is 0 Å². The third-order valence-electron chi connectivity index (χ3n) is 3.56. The summed E-state index contributed by atoms with van der Waals surface area (Å²) in [5.41, 5.74) is 3.61. The zero-order chi connectivity index (χ0) is 13.3. The molecule has 0 atom stereocenters. The van der Waals surface area contributed by atoms with Gasteiger partial charge in [-0.25, -0.2) is 9.97 Å². The highest BCUT2D eigenvalue weighted by Crippen LogP contribution is 2.46. The topological polar surface area (TPSA) is 39.4 Å². The Kier molecular flexibility index (Phi) is 2.02. The maximum Gasteiger partial charge on any atom is 0.234 e. The van der Waals surface area contributed by atoms with E-state index in [0.717, 1.165) is 28.6 Å². The summed E-state index contributed by atoms with van der Waals surface area (Å²) in [6.45, 7) is 12.4. The van der Waals surface area contributed by atoms with E-state index in [1.807, 2.05) is 6.92 Å². The number of aryl methyl sites for hydroxylation is 2. The van der Waals surface area contributed by atoms with Gasteiger partial charge in [0, 0.05) is 11.4 Å². The molecule has 1 aliphatic rings. The maximum absolute atomic E-state index is 6.13. The minimum atomic E-state index is -0.354. The molecule has 3 rings (SSSR count). The molecule has 0 fully saturated rings. The van der Waals surface area contributed by atoms with Gasteiger partial charge in [-0.2, -0.15) is 0 Å². The SMILES string of the molecule is Cc1cc(C)n2c3c(nc2n1)C(C)(C)OC3(C)C. The zero-order valence-corrected chi connectivity index (χ0v) is 11.8. The largest absolute Gasteiger partial charge is 0.357 e. The van der Waals surface area contributed by atoms with Crippen LogP contribution >= 0.6 is 0 Å². The summed E-state index contributed by atoms with van der Waals surface area (Å²) < 4.78 is 8.25. The fourth-order valence-corrected chi connectivity index (χ4v) is 3.08. The van der Waals surface area contributed by atoms with E-state index < -0.39 is 0 Å². The zero-order valence-electron chi connectivity index (χ0n) is 11.8. The van der Waals surface area contributed by atoms with Crippen molar-refractivity contribution >= 4 is 5.78 Å². The first-order valence-electron chi connectivity index (χ1n) is 6.30. The molecule has 0 aliphatic carbocycles. The van der Waals surface area contributed by atoms with Crippen LogP contribution in [-0.2, 0) is 15.9 Å². The van der Waals surface area contributed by atoms with Crippen molar-refractivity contribution in [2.75, 3.05) is 0 Å². The van der Waals surface area contributed by atoms with Gasteiger partial charge in [-0.3, -0.25) is 4.40 Å². The Hall–Kier alpha value is -1.42.